The predicted octanol–water partition coefficient (Wildman–Crippen LogP) is 4.71. The maximum Gasteiger partial charge on any atom is 0.249 e. The summed E-state index contributed by atoms with van der Waals surface area (Å²) in [6.45, 7) is 4.18. The van der Waals surface area contributed by atoms with Crippen LogP contribution in [0.4, 0.5) is 11.6 Å². The van der Waals surface area contributed by atoms with Crippen molar-refractivity contribution in [3.63, 3.8) is 0 Å². The van der Waals surface area contributed by atoms with Crippen molar-refractivity contribution in [2.75, 3.05) is 5.32 Å². The number of anilines is 2. The highest BCUT2D eigenvalue weighted by Crippen LogP contribution is 2.29. The van der Waals surface area contributed by atoms with E-state index in [1.165, 1.54) is 11.6 Å². The molecular formula is C25H22N6O. The van der Waals surface area contributed by atoms with E-state index in [1.807, 2.05) is 36.5 Å². The molecule has 0 saturated heterocycles. The quantitative estimate of drug-likeness (QED) is 0.428. The highest BCUT2D eigenvalue weighted by Gasteiger charge is 2.17. The van der Waals surface area contributed by atoms with Gasteiger partial charge in [0.05, 0.1) is 11.4 Å². The van der Waals surface area contributed by atoms with Gasteiger partial charge in [-0.25, -0.2) is 9.67 Å². The molecule has 32 heavy (non-hydrogen) atoms. The zero-order valence-corrected chi connectivity index (χ0v) is 17.8. The summed E-state index contributed by atoms with van der Waals surface area (Å²) in [5.74, 6) is 0.454. The number of aromatic amines is 1. The van der Waals surface area contributed by atoms with Crippen LogP contribution in [0.3, 0.4) is 0 Å². The molecule has 1 atom stereocenters. The van der Waals surface area contributed by atoms with E-state index in [1.54, 1.807) is 16.9 Å². The molecule has 0 saturated carbocycles. The van der Waals surface area contributed by atoms with Gasteiger partial charge >= 0.3 is 0 Å². The second-order valence-electron chi connectivity index (χ2n) is 7.77. The first-order chi connectivity index (χ1) is 15.6. The van der Waals surface area contributed by atoms with E-state index in [0.717, 1.165) is 28.0 Å². The van der Waals surface area contributed by atoms with E-state index in [2.05, 4.69) is 58.5 Å². The summed E-state index contributed by atoms with van der Waals surface area (Å²) in [5.41, 5.74) is 5.32. The molecule has 7 heteroatoms. The topological polar surface area (TPSA) is 88.5 Å². The molecule has 3 heterocycles. The minimum atomic E-state index is -0.195. The number of hydrogen-bond donors (Lipinski definition) is 2. The van der Waals surface area contributed by atoms with Gasteiger partial charge in [0.15, 0.2) is 0 Å². The zero-order valence-electron chi connectivity index (χ0n) is 17.8. The number of aromatic nitrogens is 5. The SMILES string of the molecule is Cc1ccc([C@H](C)c2nc(Nc3ccc(-n4cccn4)cc3)nc3[nH]c(=O)ccc23)cc1. The lowest BCUT2D eigenvalue weighted by atomic mass is 9.95. The van der Waals surface area contributed by atoms with Gasteiger partial charge in [0, 0.05) is 35.5 Å². The molecule has 0 amide bonds. The van der Waals surface area contributed by atoms with Gasteiger partial charge in [0.1, 0.15) is 5.65 Å². The van der Waals surface area contributed by atoms with Crippen LogP contribution in [-0.2, 0) is 0 Å². The molecule has 2 N–H and O–H groups in total. The van der Waals surface area contributed by atoms with Gasteiger partial charge < -0.3 is 10.3 Å². The van der Waals surface area contributed by atoms with Crippen LogP contribution in [-0.4, -0.2) is 24.7 Å². The summed E-state index contributed by atoms with van der Waals surface area (Å²) in [4.78, 5) is 24.2. The molecule has 2 aromatic carbocycles. The minimum Gasteiger partial charge on any atom is -0.324 e. The lowest BCUT2D eigenvalue weighted by molar-refractivity contribution is 0.876. The first-order valence-corrected chi connectivity index (χ1v) is 10.4. The van der Waals surface area contributed by atoms with Crippen molar-refractivity contribution < 1.29 is 0 Å². The van der Waals surface area contributed by atoms with Crippen LogP contribution in [0.2, 0.25) is 0 Å². The van der Waals surface area contributed by atoms with Crippen molar-refractivity contribution >= 4 is 22.7 Å². The van der Waals surface area contributed by atoms with Crippen LogP contribution in [0.25, 0.3) is 16.7 Å². The number of pyridine rings is 1. The summed E-state index contributed by atoms with van der Waals surface area (Å²) < 4.78 is 1.79. The van der Waals surface area contributed by atoms with Crippen molar-refractivity contribution in [3.8, 4) is 5.69 Å². The summed E-state index contributed by atoms with van der Waals surface area (Å²) in [6.07, 6.45) is 3.64. The highest BCUT2D eigenvalue weighted by molar-refractivity contribution is 5.80. The summed E-state index contributed by atoms with van der Waals surface area (Å²) in [7, 11) is 0. The maximum atomic E-state index is 11.9. The molecule has 0 aliphatic carbocycles. The Kier molecular flexibility index (Phi) is 4.99. The van der Waals surface area contributed by atoms with Crippen molar-refractivity contribution in [3.05, 3.63) is 106 Å². The van der Waals surface area contributed by atoms with Gasteiger partial charge in [-0.3, -0.25) is 4.79 Å². The van der Waals surface area contributed by atoms with Crippen molar-refractivity contribution in [2.45, 2.75) is 19.8 Å². The molecule has 0 unspecified atom stereocenters. The average Bonchev–Trinajstić information content (AvgIpc) is 3.34. The number of nitrogens with zero attached hydrogens (tertiary/aromatic N) is 4. The summed E-state index contributed by atoms with van der Waals surface area (Å²) >= 11 is 0. The smallest absolute Gasteiger partial charge is 0.249 e. The van der Waals surface area contributed by atoms with Crippen LogP contribution < -0.4 is 10.9 Å². The third kappa shape index (κ3) is 3.88. The average molecular weight is 422 g/mol. The molecule has 5 aromatic rings. The van der Waals surface area contributed by atoms with Crippen LogP contribution in [0.15, 0.2) is 83.9 Å². The minimum absolute atomic E-state index is 0.0229. The predicted molar refractivity (Wildman–Crippen MR) is 126 cm³/mol. The number of fused-ring (bicyclic) bond motifs is 1. The van der Waals surface area contributed by atoms with Gasteiger partial charge in [0.2, 0.25) is 11.5 Å². The van der Waals surface area contributed by atoms with Gasteiger partial charge in [0.25, 0.3) is 0 Å². The van der Waals surface area contributed by atoms with E-state index < -0.39 is 0 Å². The largest absolute Gasteiger partial charge is 0.324 e. The maximum absolute atomic E-state index is 11.9. The van der Waals surface area contributed by atoms with E-state index in [0.29, 0.717) is 11.6 Å². The summed E-state index contributed by atoms with van der Waals surface area (Å²) in [5, 5.41) is 8.35. The zero-order chi connectivity index (χ0) is 22.1. The highest BCUT2D eigenvalue weighted by atomic mass is 16.1. The van der Waals surface area contributed by atoms with E-state index >= 15 is 0 Å². The number of benzene rings is 2. The van der Waals surface area contributed by atoms with Crippen LogP contribution in [0.5, 0.6) is 0 Å². The normalized spacial score (nSPS) is 12.1. The molecule has 5 rings (SSSR count). The van der Waals surface area contributed by atoms with E-state index in [9.17, 15) is 4.79 Å². The van der Waals surface area contributed by atoms with Gasteiger partial charge in [-0.2, -0.15) is 10.1 Å². The Morgan fingerprint density at radius 2 is 1.75 bits per heavy atom. The Morgan fingerprint density at radius 3 is 2.47 bits per heavy atom. The monoisotopic (exact) mass is 422 g/mol. The molecule has 7 nitrogen and oxygen atoms in total. The number of hydrogen-bond acceptors (Lipinski definition) is 5. The van der Waals surface area contributed by atoms with Crippen LogP contribution >= 0.6 is 0 Å². The lowest BCUT2D eigenvalue weighted by Crippen LogP contribution is -2.10. The third-order valence-corrected chi connectivity index (χ3v) is 5.50. The molecule has 158 valence electrons. The van der Waals surface area contributed by atoms with Gasteiger partial charge in [-0.15, -0.1) is 0 Å². The number of rotatable bonds is 5. The number of H-pyrrole nitrogens is 1. The number of nitrogens with one attached hydrogen (secondary N) is 2. The Balaban J connectivity index is 1.53. The first-order valence-electron chi connectivity index (χ1n) is 10.4. The fourth-order valence-electron chi connectivity index (χ4n) is 3.71. The fraction of sp³-hybridized carbons (Fsp3) is 0.120. The Labute approximate surface area is 184 Å². The molecule has 0 spiro atoms. The standard InChI is InChI=1S/C25H22N6O/c1-16-4-6-18(7-5-16)17(2)23-21-12-13-22(32)28-24(21)30-25(29-23)27-19-8-10-20(11-9-19)31-15-3-14-26-31/h3-15,17H,1-2H3,(H2,27,28,29,30,32)/t17-/m0/s1. The van der Waals surface area contributed by atoms with Crippen molar-refractivity contribution in [1.82, 2.24) is 24.7 Å². The van der Waals surface area contributed by atoms with Crippen LogP contribution in [0, 0.1) is 6.92 Å². The molecule has 0 aliphatic heterocycles. The molecule has 0 fully saturated rings. The Bertz CT molecular complexity index is 1420. The lowest BCUT2D eigenvalue weighted by Gasteiger charge is -2.16. The molecule has 0 bridgehead atoms. The number of aryl methyl sites for hydroxylation is 1. The van der Waals surface area contributed by atoms with Crippen LogP contribution in [0.1, 0.15) is 29.7 Å². The van der Waals surface area contributed by atoms with Gasteiger partial charge in [-0.05, 0) is 48.9 Å². The van der Waals surface area contributed by atoms with Crippen molar-refractivity contribution in [1.29, 1.82) is 0 Å². The van der Waals surface area contributed by atoms with Crippen molar-refractivity contribution in [2.24, 2.45) is 0 Å². The summed E-state index contributed by atoms with van der Waals surface area (Å²) in [6, 6.07) is 21.4. The second kappa shape index (κ2) is 8.11. The third-order valence-electron chi connectivity index (χ3n) is 5.50. The molecule has 0 aliphatic rings. The second-order valence-corrected chi connectivity index (χ2v) is 7.77. The Hall–Kier alpha value is -4.26. The Morgan fingerprint density at radius 1 is 0.969 bits per heavy atom. The van der Waals surface area contributed by atoms with Gasteiger partial charge in [-0.1, -0.05) is 36.8 Å². The molecular weight excluding hydrogens is 400 g/mol. The van der Waals surface area contributed by atoms with E-state index in [4.69, 9.17) is 4.98 Å². The van der Waals surface area contributed by atoms with E-state index in [-0.39, 0.29) is 11.5 Å². The first kappa shape index (κ1) is 19.7. The molecule has 3 aromatic heterocycles. The fourth-order valence-corrected chi connectivity index (χ4v) is 3.71. The molecule has 0 radical (unpaired) electrons.